The largest absolute Gasteiger partial charge is 0.497 e. The molecule has 4 aliphatic rings. The number of likely N-dealkylation sites (tertiary alicyclic amines) is 1. The number of halogens is 1. The Morgan fingerprint density at radius 1 is 0.812 bits per heavy atom. The molecule has 7 N–H and O–H groups in total. The average Bonchev–Trinajstić information content (AvgIpc) is 4.25. The molecule has 2 aromatic heterocycles. The topological polar surface area (TPSA) is 232 Å². The van der Waals surface area contributed by atoms with E-state index in [1.165, 1.54) is 0 Å². The Balaban J connectivity index is 0.660. The van der Waals surface area contributed by atoms with E-state index in [-0.39, 0.29) is 54.0 Å². The number of H-pyrrole nitrogens is 1. The second kappa shape index (κ2) is 31.0. The lowest BCUT2D eigenvalue weighted by molar-refractivity contribution is -0.133. The number of nitrogens with one attached hydrogen (secondary N) is 5. The molecule has 9 rings (SSSR count). The molecular weight excluding hydrogens is 1100 g/mol. The first-order chi connectivity index (χ1) is 41.4. The van der Waals surface area contributed by atoms with Crippen LogP contribution in [0.5, 0.6) is 11.5 Å². The first-order valence-corrected chi connectivity index (χ1v) is 31.6. The molecule has 5 aromatic rings. The summed E-state index contributed by atoms with van der Waals surface area (Å²) in [5.74, 6) is 2.15. The summed E-state index contributed by atoms with van der Waals surface area (Å²) in [4.78, 5) is 89.1. The Morgan fingerprint density at radius 3 is 2.36 bits per heavy atom. The minimum Gasteiger partial charge on any atom is -0.497 e. The summed E-state index contributed by atoms with van der Waals surface area (Å²) >= 11 is 6.28. The Morgan fingerprint density at radius 2 is 1.59 bits per heavy atom. The lowest BCUT2D eigenvalue weighted by Crippen LogP contribution is -2.60. The van der Waals surface area contributed by atoms with Crippen LogP contribution in [0.25, 0.3) is 11.0 Å². The summed E-state index contributed by atoms with van der Waals surface area (Å²) in [6.07, 6.45) is 16.9. The van der Waals surface area contributed by atoms with Crippen LogP contribution in [-0.4, -0.2) is 156 Å². The lowest BCUT2D eigenvalue weighted by Gasteiger charge is -2.39. The van der Waals surface area contributed by atoms with Crippen molar-refractivity contribution < 1.29 is 33.4 Å². The molecule has 3 atom stereocenters. The number of carbonyl (C=O) groups excluding carboxylic acids is 5. The summed E-state index contributed by atoms with van der Waals surface area (Å²) < 4.78 is 11.2. The van der Waals surface area contributed by atoms with Crippen molar-refractivity contribution in [3.63, 3.8) is 0 Å². The molecule has 1 saturated carbocycles. The van der Waals surface area contributed by atoms with Crippen molar-refractivity contribution in [1.82, 2.24) is 50.9 Å². The van der Waals surface area contributed by atoms with E-state index in [9.17, 15) is 24.0 Å². The molecule has 20 heteroatoms. The summed E-state index contributed by atoms with van der Waals surface area (Å²) in [5, 5.41) is 14.5. The van der Waals surface area contributed by atoms with Gasteiger partial charge in [0.25, 0.3) is 5.91 Å². The first kappa shape index (κ1) is 62.7. The van der Waals surface area contributed by atoms with Crippen LogP contribution in [0.15, 0.2) is 85.3 Å². The standard InChI is InChI=1S/C65H89ClN12O7/c1-3-85-56-41-53(84-2)25-22-50(56)42-68-43-58(80)78-32-13-18-51(44-78)48-16-12-17-49(40-48)62(81)74-59(47-14-8-7-9-15-47)63(82)70-30-11-6-4-5-10-19-57(79)76-38-36-75(37-39-76)33-27-55(46-20-23-52(66)24-21-46)73-64(83)65(67)28-34-77(35-29-65)61-54-26-31-69-60(54)71-45-72-61/h12,16-17,20-26,31,40-41,45,47,51,55,59,68H,3-11,13-15,18-19,27-30,32-39,42-44,67H2,1-2H3,(H,70,82)(H,73,83)(H,74,81)(H,69,71,72)/t51?,55-,59+/m0/s1. The third kappa shape index (κ3) is 17.2. The zero-order valence-electron chi connectivity index (χ0n) is 49.9. The summed E-state index contributed by atoms with van der Waals surface area (Å²) in [7, 11) is 1.62. The normalized spacial score (nSPS) is 18.4. The monoisotopic (exact) mass is 1180 g/mol. The molecule has 1 unspecified atom stereocenters. The quantitative estimate of drug-likeness (QED) is 0.0274. The van der Waals surface area contributed by atoms with Crippen molar-refractivity contribution in [3.8, 4) is 11.5 Å². The van der Waals surface area contributed by atoms with E-state index in [1.54, 1.807) is 13.4 Å². The summed E-state index contributed by atoms with van der Waals surface area (Å²) in [6.45, 7) is 9.76. The number of anilines is 1. The maximum absolute atomic E-state index is 14.0. The number of amides is 5. The van der Waals surface area contributed by atoms with Crippen molar-refractivity contribution >= 4 is 58.0 Å². The number of unbranched alkanes of at least 4 members (excludes halogenated alkanes) is 4. The zero-order valence-corrected chi connectivity index (χ0v) is 50.7. The average molecular weight is 1190 g/mol. The Bertz CT molecular complexity index is 2990. The number of benzene rings is 3. The van der Waals surface area contributed by atoms with Crippen molar-refractivity contribution in [2.45, 2.75) is 140 Å². The predicted octanol–water partition coefficient (Wildman–Crippen LogP) is 8.04. The smallest absolute Gasteiger partial charge is 0.251 e. The number of aromatic nitrogens is 3. The number of aromatic amines is 1. The van der Waals surface area contributed by atoms with Crippen molar-refractivity contribution in [2.75, 3.05) is 90.6 Å². The van der Waals surface area contributed by atoms with Crippen LogP contribution in [0, 0.1) is 5.92 Å². The highest BCUT2D eigenvalue weighted by Crippen LogP contribution is 2.32. The predicted molar refractivity (Wildman–Crippen MR) is 332 cm³/mol. The van der Waals surface area contributed by atoms with E-state index >= 15 is 0 Å². The van der Waals surface area contributed by atoms with E-state index in [4.69, 9.17) is 26.8 Å². The van der Waals surface area contributed by atoms with Gasteiger partial charge in [-0.3, -0.25) is 28.9 Å². The third-order valence-electron chi connectivity index (χ3n) is 17.9. The molecule has 5 heterocycles. The number of hydrogen-bond donors (Lipinski definition) is 6. The molecule has 0 bridgehead atoms. The number of fused-ring (bicyclic) bond motifs is 1. The maximum atomic E-state index is 14.0. The molecule has 0 spiro atoms. The fraction of sp³-hybridized carbons (Fsp3) is 0.554. The second-order valence-electron chi connectivity index (χ2n) is 23.6. The van der Waals surface area contributed by atoms with Crippen molar-refractivity contribution in [2.24, 2.45) is 11.7 Å². The minimum atomic E-state index is -1.02. The van der Waals surface area contributed by atoms with Crippen LogP contribution in [0.2, 0.25) is 5.02 Å². The van der Waals surface area contributed by atoms with Crippen molar-refractivity contribution in [3.05, 3.63) is 113 Å². The zero-order chi connectivity index (χ0) is 59.5. The number of piperazine rings is 1. The Hall–Kier alpha value is -6.80. The molecule has 3 saturated heterocycles. The molecule has 1 aliphatic carbocycles. The van der Waals surface area contributed by atoms with Crippen LogP contribution < -0.4 is 41.4 Å². The fourth-order valence-electron chi connectivity index (χ4n) is 12.7. The van der Waals surface area contributed by atoms with E-state index < -0.39 is 11.6 Å². The molecule has 85 heavy (non-hydrogen) atoms. The van der Waals surface area contributed by atoms with Crippen LogP contribution in [0.3, 0.4) is 0 Å². The molecule has 3 aliphatic heterocycles. The van der Waals surface area contributed by atoms with E-state index in [2.05, 4.69) is 46.0 Å². The third-order valence-corrected chi connectivity index (χ3v) is 18.1. The van der Waals surface area contributed by atoms with E-state index in [0.717, 1.165) is 142 Å². The molecule has 5 amide bonds. The number of ether oxygens (including phenoxy) is 2. The lowest BCUT2D eigenvalue weighted by atomic mass is 9.83. The SMILES string of the molecule is CCOc1cc(OC)ccc1CNCC(=O)N1CCCC(c2cccc(C(=O)N[C@@H](C(=O)NCCCCCCCC(=O)N3CCN(CC[C@H](NC(=O)C4(N)CCN(c5ncnc6[nH]ccc56)CC4)c4ccc(Cl)cc4)CC3)C3CCCCC3)c2)C1. The number of hydrogen-bond acceptors (Lipinski definition) is 13. The van der Waals surface area contributed by atoms with Gasteiger partial charge in [-0.1, -0.05) is 80.5 Å². The first-order valence-electron chi connectivity index (χ1n) is 31.2. The number of nitrogens with two attached hydrogens (primary N) is 1. The maximum Gasteiger partial charge on any atom is 0.251 e. The molecule has 0 radical (unpaired) electrons. The fourth-order valence-corrected chi connectivity index (χ4v) is 12.9. The van der Waals surface area contributed by atoms with Crippen molar-refractivity contribution in [1.29, 1.82) is 0 Å². The number of rotatable bonds is 27. The molecule has 3 aromatic carbocycles. The van der Waals surface area contributed by atoms with Gasteiger partial charge in [0.15, 0.2) is 0 Å². The van der Waals surface area contributed by atoms with Gasteiger partial charge in [-0.25, -0.2) is 9.97 Å². The van der Waals surface area contributed by atoms with E-state index in [1.807, 2.05) is 95.7 Å². The number of nitrogens with zero attached hydrogens (tertiary/aromatic N) is 6. The van der Waals surface area contributed by atoms with Crippen LogP contribution in [-0.2, 0) is 25.7 Å². The minimum absolute atomic E-state index is 0.0361. The summed E-state index contributed by atoms with van der Waals surface area (Å²) in [6, 6.07) is 22.1. The highest BCUT2D eigenvalue weighted by Gasteiger charge is 2.40. The van der Waals surface area contributed by atoms with Crippen LogP contribution in [0.4, 0.5) is 5.82 Å². The Labute approximate surface area is 506 Å². The number of methoxy groups -OCH3 is 1. The van der Waals surface area contributed by atoms with Crippen LogP contribution in [0.1, 0.15) is 149 Å². The van der Waals surface area contributed by atoms with Gasteiger partial charge >= 0.3 is 0 Å². The van der Waals surface area contributed by atoms with Crippen LogP contribution >= 0.6 is 11.6 Å². The Kier molecular flexibility index (Phi) is 22.9. The van der Waals surface area contributed by atoms with Gasteiger partial charge < -0.3 is 56.2 Å². The van der Waals surface area contributed by atoms with Gasteiger partial charge in [0.05, 0.1) is 37.2 Å². The number of carbonyl (C=O) groups is 5. The van der Waals surface area contributed by atoms with Gasteiger partial charge in [-0.2, -0.15) is 0 Å². The van der Waals surface area contributed by atoms with Gasteiger partial charge in [0.1, 0.15) is 35.3 Å². The van der Waals surface area contributed by atoms with Gasteiger partial charge in [0.2, 0.25) is 23.6 Å². The number of piperidine rings is 2. The summed E-state index contributed by atoms with van der Waals surface area (Å²) in [5.41, 5.74) is 10.1. The molecule has 458 valence electrons. The van der Waals surface area contributed by atoms with Gasteiger partial charge in [-0.05, 0) is 118 Å². The molecular formula is C65H89ClN12O7. The van der Waals surface area contributed by atoms with E-state index in [0.29, 0.717) is 95.2 Å². The highest BCUT2D eigenvalue weighted by molar-refractivity contribution is 6.30. The molecule has 4 fully saturated rings. The highest BCUT2D eigenvalue weighted by atomic mass is 35.5. The van der Waals surface area contributed by atoms with Gasteiger partial charge in [0, 0.05) is 113 Å². The second-order valence-corrected chi connectivity index (χ2v) is 24.1. The van der Waals surface area contributed by atoms with Gasteiger partial charge in [-0.15, -0.1) is 0 Å². The molecule has 19 nitrogen and oxygen atoms in total.